The van der Waals surface area contributed by atoms with E-state index < -0.39 is 0 Å². The Hall–Kier alpha value is -0.400. The van der Waals surface area contributed by atoms with Gasteiger partial charge in [-0.3, -0.25) is 4.68 Å². The number of methoxy groups -OCH3 is 1. The lowest BCUT2D eigenvalue weighted by Crippen LogP contribution is -2.22. The second-order valence-corrected chi connectivity index (χ2v) is 6.56. The van der Waals surface area contributed by atoms with Gasteiger partial charge in [-0.05, 0) is 35.1 Å². The Morgan fingerprint density at radius 2 is 2.37 bits per heavy atom. The van der Waals surface area contributed by atoms with Gasteiger partial charge in [0.1, 0.15) is 0 Å². The third-order valence-corrected chi connectivity index (χ3v) is 4.69. The zero-order chi connectivity index (χ0) is 13.8. The van der Waals surface area contributed by atoms with Crippen molar-refractivity contribution in [1.29, 1.82) is 0 Å². The van der Waals surface area contributed by atoms with Crippen LogP contribution in [0.5, 0.6) is 0 Å². The summed E-state index contributed by atoms with van der Waals surface area (Å²) in [6, 6.07) is 4.01. The van der Waals surface area contributed by atoms with Gasteiger partial charge in [-0.1, -0.05) is 11.6 Å². The van der Waals surface area contributed by atoms with Gasteiger partial charge in [0.15, 0.2) is 0 Å². The van der Waals surface area contributed by atoms with Gasteiger partial charge in [-0.25, -0.2) is 0 Å². The number of aromatic nitrogens is 2. The summed E-state index contributed by atoms with van der Waals surface area (Å²) in [5, 5.41) is 7.69. The van der Waals surface area contributed by atoms with Crippen molar-refractivity contribution in [1.82, 2.24) is 15.1 Å². The summed E-state index contributed by atoms with van der Waals surface area (Å²) in [4.78, 5) is 1.16. The van der Waals surface area contributed by atoms with Crippen molar-refractivity contribution in [2.75, 3.05) is 20.8 Å². The molecule has 2 heterocycles. The summed E-state index contributed by atoms with van der Waals surface area (Å²) in [5.74, 6) is 0. The minimum atomic E-state index is 0.0613. The molecule has 0 amide bonds. The van der Waals surface area contributed by atoms with Gasteiger partial charge >= 0.3 is 0 Å². The van der Waals surface area contributed by atoms with Crippen molar-refractivity contribution in [3.8, 4) is 0 Å². The second kappa shape index (κ2) is 6.85. The first-order valence-corrected chi connectivity index (χ1v) is 7.78. The molecule has 0 saturated heterocycles. The molecular weight excluding hydrogens is 350 g/mol. The van der Waals surface area contributed by atoms with Crippen molar-refractivity contribution in [2.45, 2.75) is 12.6 Å². The van der Waals surface area contributed by atoms with Crippen molar-refractivity contribution in [3.05, 3.63) is 37.7 Å². The van der Waals surface area contributed by atoms with Crippen molar-refractivity contribution < 1.29 is 4.74 Å². The molecule has 0 bridgehead atoms. The zero-order valence-corrected chi connectivity index (χ0v) is 13.8. The van der Waals surface area contributed by atoms with Gasteiger partial charge in [-0.15, -0.1) is 11.3 Å². The minimum absolute atomic E-state index is 0.0613. The van der Waals surface area contributed by atoms with Gasteiger partial charge < -0.3 is 10.1 Å². The van der Waals surface area contributed by atoms with E-state index in [1.54, 1.807) is 18.4 Å². The van der Waals surface area contributed by atoms with Crippen LogP contribution in [-0.2, 0) is 11.3 Å². The van der Waals surface area contributed by atoms with Crippen LogP contribution in [0.25, 0.3) is 0 Å². The maximum Gasteiger partial charge on any atom is 0.0931 e. The number of nitrogens with one attached hydrogen (secondary N) is 1. The summed E-state index contributed by atoms with van der Waals surface area (Å²) in [5.41, 5.74) is 1.08. The normalized spacial score (nSPS) is 12.8. The van der Waals surface area contributed by atoms with E-state index in [9.17, 15) is 0 Å². The van der Waals surface area contributed by atoms with Crippen molar-refractivity contribution in [2.24, 2.45) is 0 Å². The number of hydrogen-bond acceptors (Lipinski definition) is 4. The van der Waals surface area contributed by atoms with Gasteiger partial charge in [0.2, 0.25) is 0 Å². The largest absolute Gasteiger partial charge is 0.383 e. The highest BCUT2D eigenvalue weighted by molar-refractivity contribution is 9.10. The molecule has 1 unspecified atom stereocenters. The number of thiophene rings is 1. The summed E-state index contributed by atoms with van der Waals surface area (Å²) in [6.45, 7) is 1.34. The van der Waals surface area contributed by atoms with Gasteiger partial charge in [0.05, 0.1) is 39.9 Å². The van der Waals surface area contributed by atoms with Crippen LogP contribution < -0.4 is 5.32 Å². The summed E-state index contributed by atoms with van der Waals surface area (Å²) in [6.07, 6.45) is 1.81. The Bertz CT molecular complexity index is 543. The summed E-state index contributed by atoms with van der Waals surface area (Å²) in [7, 11) is 3.62. The maximum absolute atomic E-state index is 6.02. The fraction of sp³-hybridized carbons (Fsp3) is 0.417. The molecule has 0 aromatic carbocycles. The van der Waals surface area contributed by atoms with E-state index in [2.05, 4.69) is 26.3 Å². The van der Waals surface area contributed by atoms with Crippen LogP contribution >= 0.6 is 38.9 Å². The van der Waals surface area contributed by atoms with Gasteiger partial charge in [-0.2, -0.15) is 5.10 Å². The van der Waals surface area contributed by atoms with Crippen molar-refractivity contribution in [3.63, 3.8) is 0 Å². The molecule has 4 nitrogen and oxygen atoms in total. The molecule has 104 valence electrons. The number of hydrogen-bond donors (Lipinski definition) is 1. The molecule has 0 saturated carbocycles. The Morgan fingerprint density at radius 1 is 1.58 bits per heavy atom. The Kier molecular flexibility index (Phi) is 5.41. The van der Waals surface area contributed by atoms with E-state index in [0.717, 1.165) is 19.4 Å². The molecule has 0 radical (unpaired) electrons. The monoisotopic (exact) mass is 363 g/mol. The molecule has 0 aliphatic rings. The predicted octanol–water partition coefficient (Wildman–Crippen LogP) is 3.32. The van der Waals surface area contributed by atoms with E-state index >= 15 is 0 Å². The smallest absolute Gasteiger partial charge is 0.0931 e. The first-order chi connectivity index (χ1) is 9.17. The van der Waals surface area contributed by atoms with Crippen LogP contribution in [0.15, 0.2) is 22.8 Å². The van der Waals surface area contributed by atoms with Crippen LogP contribution in [-0.4, -0.2) is 30.5 Å². The molecule has 0 spiro atoms. The van der Waals surface area contributed by atoms with Crippen molar-refractivity contribution >= 4 is 38.9 Å². The van der Waals surface area contributed by atoms with Crippen LogP contribution in [0.3, 0.4) is 0 Å². The first-order valence-electron chi connectivity index (χ1n) is 5.80. The standard InChI is InChI=1S/C12H15BrClN3OS/c1-15-11(9-3-4-10(14)19-9)12-8(13)7-16-17(12)5-6-18-2/h3-4,7,11,15H,5-6H2,1-2H3. The first kappa shape index (κ1) is 15.0. The van der Waals surface area contributed by atoms with E-state index in [0.29, 0.717) is 13.2 Å². The highest BCUT2D eigenvalue weighted by atomic mass is 79.9. The van der Waals surface area contributed by atoms with Crippen LogP contribution in [0.4, 0.5) is 0 Å². The summed E-state index contributed by atoms with van der Waals surface area (Å²) >= 11 is 11.2. The zero-order valence-electron chi connectivity index (χ0n) is 10.7. The molecule has 0 fully saturated rings. The van der Waals surface area contributed by atoms with E-state index in [4.69, 9.17) is 16.3 Å². The third-order valence-electron chi connectivity index (χ3n) is 2.78. The quantitative estimate of drug-likeness (QED) is 0.854. The lowest BCUT2D eigenvalue weighted by atomic mass is 10.1. The SMILES string of the molecule is CNC(c1ccc(Cl)s1)c1c(Br)cnn1CCOC. The number of ether oxygens (including phenoxy) is 1. The highest BCUT2D eigenvalue weighted by Crippen LogP contribution is 2.33. The molecule has 0 aliphatic heterocycles. The van der Waals surface area contributed by atoms with E-state index in [1.807, 2.05) is 30.1 Å². The minimum Gasteiger partial charge on any atom is -0.383 e. The van der Waals surface area contributed by atoms with Gasteiger partial charge in [0, 0.05) is 12.0 Å². The number of halogens is 2. The molecule has 0 aliphatic carbocycles. The lowest BCUT2D eigenvalue weighted by Gasteiger charge is -2.17. The van der Waals surface area contributed by atoms with E-state index in [1.165, 1.54) is 0 Å². The average molecular weight is 365 g/mol. The summed E-state index contributed by atoms with van der Waals surface area (Å²) < 4.78 is 8.83. The topological polar surface area (TPSA) is 39.1 Å². The molecule has 1 N–H and O–H groups in total. The molecule has 2 aromatic rings. The molecule has 7 heteroatoms. The second-order valence-electron chi connectivity index (χ2n) is 3.96. The van der Waals surface area contributed by atoms with Crippen LogP contribution in [0, 0.1) is 0 Å². The lowest BCUT2D eigenvalue weighted by molar-refractivity contribution is 0.182. The van der Waals surface area contributed by atoms with E-state index in [-0.39, 0.29) is 6.04 Å². The maximum atomic E-state index is 6.02. The fourth-order valence-corrected chi connectivity index (χ4v) is 3.61. The fourth-order valence-electron chi connectivity index (χ4n) is 1.91. The Balaban J connectivity index is 2.34. The molecule has 2 aromatic heterocycles. The van der Waals surface area contributed by atoms with Gasteiger partial charge in [0.25, 0.3) is 0 Å². The molecule has 2 rings (SSSR count). The Morgan fingerprint density at radius 3 is 2.95 bits per heavy atom. The third kappa shape index (κ3) is 3.38. The Labute approximate surface area is 129 Å². The predicted molar refractivity (Wildman–Crippen MR) is 82.0 cm³/mol. The molecule has 1 atom stereocenters. The van der Waals surface area contributed by atoms with Crippen LogP contribution in [0.2, 0.25) is 4.34 Å². The molecular formula is C12H15BrClN3OS. The van der Waals surface area contributed by atoms with Crippen LogP contribution in [0.1, 0.15) is 16.6 Å². The molecule has 19 heavy (non-hydrogen) atoms. The average Bonchev–Trinajstić information content (AvgIpc) is 2.97. The number of rotatable bonds is 6. The number of nitrogens with zero attached hydrogens (tertiary/aromatic N) is 2. The highest BCUT2D eigenvalue weighted by Gasteiger charge is 2.21.